The quantitative estimate of drug-likeness (QED) is 0.238. The maximum absolute atomic E-state index is 12.7. The zero-order valence-electron chi connectivity index (χ0n) is 16.4. The highest BCUT2D eigenvalue weighted by Gasteiger charge is 2.30. The van der Waals surface area contributed by atoms with E-state index in [9.17, 15) is 30.4 Å². The molecule has 0 saturated heterocycles. The Kier molecular flexibility index (Phi) is 6.95. The van der Waals surface area contributed by atoms with Gasteiger partial charge in [0.2, 0.25) is 5.69 Å². The molecule has 0 spiro atoms. The SMILES string of the molecule is Cc1ccc(-c2cc(C)[n+](-c3ccc(C(F)(F)F)cc3)c(C)c2)cc1.F[B-](F)(F)F. The fraction of sp³-hybridized carbons (Fsp3) is 0.190. The largest absolute Gasteiger partial charge is 0.673 e. The van der Waals surface area contributed by atoms with Crippen LogP contribution >= 0.6 is 0 Å². The second kappa shape index (κ2) is 8.89. The van der Waals surface area contributed by atoms with Crippen LogP contribution in [0.2, 0.25) is 0 Å². The van der Waals surface area contributed by atoms with Crippen molar-refractivity contribution in [3.05, 3.63) is 83.2 Å². The van der Waals surface area contributed by atoms with Crippen molar-refractivity contribution >= 4 is 7.25 Å². The monoisotopic (exact) mass is 429 g/mol. The summed E-state index contributed by atoms with van der Waals surface area (Å²) in [5, 5.41) is 0. The first kappa shape index (κ1) is 23.4. The van der Waals surface area contributed by atoms with Crippen LogP contribution in [0.4, 0.5) is 30.4 Å². The van der Waals surface area contributed by atoms with Gasteiger partial charge in [-0.1, -0.05) is 29.8 Å². The minimum absolute atomic E-state index is 0.636. The van der Waals surface area contributed by atoms with Gasteiger partial charge in [0.25, 0.3) is 0 Å². The Morgan fingerprint density at radius 3 is 1.50 bits per heavy atom. The van der Waals surface area contributed by atoms with Crippen molar-refractivity contribution in [2.24, 2.45) is 0 Å². The molecule has 3 aromatic rings. The normalized spacial score (nSPS) is 11.7. The van der Waals surface area contributed by atoms with E-state index in [1.807, 2.05) is 25.3 Å². The van der Waals surface area contributed by atoms with Crippen LogP contribution < -0.4 is 4.57 Å². The second-order valence-corrected chi connectivity index (χ2v) is 6.77. The summed E-state index contributed by atoms with van der Waals surface area (Å²) in [4.78, 5) is 0. The third kappa shape index (κ3) is 6.61. The van der Waals surface area contributed by atoms with Gasteiger partial charge in [0.1, 0.15) is 0 Å². The fourth-order valence-corrected chi connectivity index (χ4v) is 3.02. The van der Waals surface area contributed by atoms with E-state index >= 15 is 0 Å². The van der Waals surface area contributed by atoms with Gasteiger partial charge in [-0.05, 0) is 30.2 Å². The molecule has 3 rings (SSSR count). The molecular weight excluding hydrogens is 410 g/mol. The summed E-state index contributed by atoms with van der Waals surface area (Å²) >= 11 is 0. The molecule has 0 aliphatic rings. The summed E-state index contributed by atoms with van der Waals surface area (Å²) in [5.41, 5.74) is 5.44. The predicted octanol–water partition coefficient (Wildman–Crippen LogP) is 6.87. The maximum atomic E-state index is 12.7. The average molecular weight is 429 g/mol. The smallest absolute Gasteiger partial charge is 0.418 e. The van der Waals surface area contributed by atoms with Crippen LogP contribution in [-0.2, 0) is 6.18 Å². The molecule has 1 nitrogen and oxygen atoms in total. The Hall–Kier alpha value is -2.84. The first-order chi connectivity index (χ1) is 13.8. The predicted molar refractivity (Wildman–Crippen MR) is 103 cm³/mol. The molecule has 0 fully saturated rings. The van der Waals surface area contributed by atoms with E-state index in [4.69, 9.17) is 0 Å². The summed E-state index contributed by atoms with van der Waals surface area (Å²) in [5.74, 6) is 0. The van der Waals surface area contributed by atoms with Gasteiger partial charge < -0.3 is 17.3 Å². The topological polar surface area (TPSA) is 3.88 Å². The van der Waals surface area contributed by atoms with Crippen LogP contribution in [0, 0.1) is 20.8 Å². The number of rotatable bonds is 2. The number of aromatic nitrogens is 1. The lowest BCUT2D eigenvalue weighted by atomic mass is 10.0. The Balaban J connectivity index is 0.000000575. The number of aryl methyl sites for hydroxylation is 3. The van der Waals surface area contributed by atoms with Gasteiger partial charge in [-0.15, -0.1) is 0 Å². The van der Waals surface area contributed by atoms with Crippen LogP contribution in [0.3, 0.4) is 0 Å². The molecule has 9 heteroatoms. The van der Waals surface area contributed by atoms with Gasteiger partial charge in [0.15, 0.2) is 11.4 Å². The zero-order valence-corrected chi connectivity index (χ0v) is 16.4. The van der Waals surface area contributed by atoms with Crippen molar-refractivity contribution in [3.8, 4) is 16.8 Å². The van der Waals surface area contributed by atoms with Crippen molar-refractivity contribution in [3.63, 3.8) is 0 Å². The van der Waals surface area contributed by atoms with Gasteiger partial charge in [-0.25, -0.2) is 0 Å². The molecule has 0 unspecified atom stereocenters. The molecule has 0 saturated carbocycles. The fourth-order valence-electron chi connectivity index (χ4n) is 3.02. The average Bonchev–Trinajstić information content (AvgIpc) is 2.60. The van der Waals surface area contributed by atoms with Crippen molar-refractivity contribution in [2.75, 3.05) is 0 Å². The number of hydrogen-bond acceptors (Lipinski definition) is 0. The third-order valence-electron chi connectivity index (χ3n) is 4.27. The minimum atomic E-state index is -6.00. The lowest BCUT2D eigenvalue weighted by molar-refractivity contribution is -0.609. The van der Waals surface area contributed by atoms with Gasteiger partial charge >= 0.3 is 13.4 Å². The molecule has 1 aromatic heterocycles. The van der Waals surface area contributed by atoms with Crippen molar-refractivity contribution < 1.29 is 35.0 Å². The molecule has 0 amide bonds. The first-order valence-electron chi connectivity index (χ1n) is 8.91. The van der Waals surface area contributed by atoms with Crippen LogP contribution in [0.1, 0.15) is 22.5 Å². The minimum Gasteiger partial charge on any atom is -0.418 e. The maximum Gasteiger partial charge on any atom is 0.673 e. The Morgan fingerprint density at radius 1 is 0.667 bits per heavy atom. The molecule has 0 aliphatic heterocycles. The van der Waals surface area contributed by atoms with Gasteiger partial charge in [-0.2, -0.15) is 17.7 Å². The van der Waals surface area contributed by atoms with E-state index in [0.29, 0.717) is 0 Å². The highest BCUT2D eigenvalue weighted by atomic mass is 19.5. The first-order valence-corrected chi connectivity index (χ1v) is 8.91. The lowest BCUT2D eigenvalue weighted by Crippen LogP contribution is -2.37. The van der Waals surface area contributed by atoms with Gasteiger partial charge in [0.05, 0.1) is 5.56 Å². The summed E-state index contributed by atoms with van der Waals surface area (Å²) in [6.45, 7) is 5.97. The van der Waals surface area contributed by atoms with E-state index in [0.717, 1.165) is 40.3 Å². The van der Waals surface area contributed by atoms with Gasteiger partial charge in [-0.3, -0.25) is 0 Å². The van der Waals surface area contributed by atoms with Gasteiger partial charge in [0, 0.05) is 38.1 Å². The van der Waals surface area contributed by atoms with Crippen LogP contribution in [0.5, 0.6) is 0 Å². The standard InChI is InChI=1S/C21H19F3N.BF4/c1-14-4-6-17(7-5-14)18-12-15(2)25(16(3)13-18)20-10-8-19(9-11-20)21(22,23)24;2-1(3,4)5/h4-13H,1-3H3;/q+1;-1. The molecule has 30 heavy (non-hydrogen) atoms. The number of nitrogens with zero attached hydrogens (tertiary/aromatic N) is 1. The van der Waals surface area contributed by atoms with Crippen LogP contribution in [0.15, 0.2) is 60.7 Å². The van der Waals surface area contributed by atoms with E-state index in [-0.39, 0.29) is 0 Å². The number of hydrogen-bond donors (Lipinski definition) is 0. The summed E-state index contributed by atoms with van der Waals surface area (Å²) in [6.07, 6.45) is -4.32. The van der Waals surface area contributed by atoms with E-state index in [2.05, 4.69) is 36.4 Å². The summed E-state index contributed by atoms with van der Waals surface area (Å²) in [6, 6.07) is 17.6. The zero-order chi connectivity index (χ0) is 22.7. The number of alkyl halides is 3. The highest BCUT2D eigenvalue weighted by molar-refractivity contribution is 6.50. The number of benzene rings is 2. The van der Waals surface area contributed by atoms with Crippen LogP contribution in [-0.4, -0.2) is 7.25 Å². The second-order valence-electron chi connectivity index (χ2n) is 6.77. The van der Waals surface area contributed by atoms with E-state index < -0.39 is 19.0 Å². The third-order valence-corrected chi connectivity index (χ3v) is 4.27. The Bertz CT molecular complexity index is 963. The molecule has 0 atom stereocenters. The van der Waals surface area contributed by atoms with E-state index in [1.54, 1.807) is 0 Å². The molecule has 1 heterocycles. The molecule has 2 aromatic carbocycles. The van der Waals surface area contributed by atoms with Crippen molar-refractivity contribution in [1.82, 2.24) is 0 Å². The number of pyridine rings is 1. The lowest BCUT2D eigenvalue weighted by Gasteiger charge is -2.09. The van der Waals surface area contributed by atoms with Crippen molar-refractivity contribution in [2.45, 2.75) is 26.9 Å². The molecule has 0 aliphatic carbocycles. The Morgan fingerprint density at radius 2 is 1.10 bits per heavy atom. The molecular formula is C21H19BF7N. The van der Waals surface area contributed by atoms with Crippen LogP contribution in [0.25, 0.3) is 16.8 Å². The molecule has 0 radical (unpaired) electrons. The summed E-state index contributed by atoms with van der Waals surface area (Å²) < 4.78 is 79.2. The molecule has 0 N–H and O–H groups in total. The molecule has 0 bridgehead atoms. The highest BCUT2D eigenvalue weighted by Crippen LogP contribution is 2.29. The number of halogens is 7. The van der Waals surface area contributed by atoms with E-state index in [1.165, 1.54) is 17.7 Å². The Labute approximate surface area is 169 Å². The van der Waals surface area contributed by atoms with Crippen molar-refractivity contribution in [1.29, 1.82) is 0 Å². The molecule has 160 valence electrons. The summed E-state index contributed by atoms with van der Waals surface area (Å²) in [7, 11) is -6.00.